The van der Waals surface area contributed by atoms with Gasteiger partial charge in [-0.2, -0.15) is 4.31 Å². The Bertz CT molecular complexity index is 1550. The first kappa shape index (κ1) is 22.9. The van der Waals surface area contributed by atoms with Gasteiger partial charge in [0.05, 0.1) is 16.1 Å². The maximum Gasteiger partial charge on any atom is 0.419 e. The van der Waals surface area contributed by atoms with Crippen molar-refractivity contribution in [3.05, 3.63) is 58.8 Å². The molecule has 1 saturated heterocycles. The molecule has 1 aliphatic heterocycles. The molecule has 35 heavy (non-hydrogen) atoms. The number of fused-ring (bicyclic) bond motifs is 1. The van der Waals surface area contributed by atoms with Crippen LogP contribution in [0.1, 0.15) is 24.8 Å². The van der Waals surface area contributed by atoms with Gasteiger partial charge in [-0.1, -0.05) is 6.07 Å². The summed E-state index contributed by atoms with van der Waals surface area (Å²) >= 11 is 0. The number of aryl methyl sites for hydroxylation is 2. The molecule has 1 N–H and O–H groups in total. The van der Waals surface area contributed by atoms with Crippen LogP contribution in [0.5, 0.6) is 0 Å². The van der Waals surface area contributed by atoms with Gasteiger partial charge in [0.1, 0.15) is 6.33 Å². The molecule has 2 aromatic heterocycles. The number of nitrogens with zero attached hydrogens (tertiary/aromatic N) is 6. The lowest BCUT2D eigenvalue weighted by Crippen LogP contribution is -2.27. The van der Waals surface area contributed by atoms with Crippen LogP contribution in [0.25, 0.3) is 16.8 Å². The minimum atomic E-state index is -3.63. The normalized spacial score (nSPS) is 14.5. The van der Waals surface area contributed by atoms with Crippen molar-refractivity contribution in [2.45, 2.75) is 37.6 Å². The number of carbonyl (C=O) groups is 1. The standard InChI is InChI=1S/C22H23N7O5S/c1-15-4-5-16(12-19(15)29-14-23-25-26-29)24-21(30)8-11-28-18-7-6-17(13-20(18)34-22(28)31)35(32,33)27-9-2-3-10-27/h4-7,12-14H,2-3,8-11H2,1H3,(H,24,30). The second-order valence-corrected chi connectivity index (χ2v) is 10.3. The van der Waals surface area contributed by atoms with Gasteiger partial charge in [-0.25, -0.2) is 17.9 Å². The lowest BCUT2D eigenvalue weighted by Gasteiger charge is -2.15. The van der Waals surface area contributed by atoms with Crippen molar-refractivity contribution in [3.8, 4) is 5.69 Å². The van der Waals surface area contributed by atoms with Gasteiger partial charge < -0.3 is 9.73 Å². The number of hydrogen-bond acceptors (Lipinski definition) is 8. The van der Waals surface area contributed by atoms with Crippen LogP contribution in [0.2, 0.25) is 0 Å². The molecule has 182 valence electrons. The third-order valence-electron chi connectivity index (χ3n) is 5.99. The van der Waals surface area contributed by atoms with E-state index in [1.165, 1.54) is 32.0 Å². The molecule has 1 amide bonds. The summed E-state index contributed by atoms with van der Waals surface area (Å²) in [6.07, 6.45) is 3.13. The molecule has 0 spiro atoms. The number of carbonyl (C=O) groups excluding carboxylic acids is 1. The summed E-state index contributed by atoms with van der Waals surface area (Å²) in [4.78, 5) is 25.1. The van der Waals surface area contributed by atoms with E-state index in [0.29, 0.717) is 24.3 Å². The largest absolute Gasteiger partial charge is 0.419 e. The molecule has 0 unspecified atom stereocenters. The maximum atomic E-state index is 12.8. The van der Waals surface area contributed by atoms with Crippen LogP contribution in [0, 0.1) is 6.92 Å². The van der Waals surface area contributed by atoms with Gasteiger partial charge in [-0.3, -0.25) is 9.36 Å². The van der Waals surface area contributed by atoms with Gasteiger partial charge in [0.15, 0.2) is 5.58 Å². The summed E-state index contributed by atoms with van der Waals surface area (Å²) < 4.78 is 35.2. The van der Waals surface area contributed by atoms with E-state index in [1.807, 2.05) is 13.0 Å². The van der Waals surface area contributed by atoms with Crippen molar-refractivity contribution in [2.75, 3.05) is 18.4 Å². The zero-order valence-corrected chi connectivity index (χ0v) is 19.7. The fraction of sp³-hybridized carbons (Fsp3) is 0.318. The Labute approximate surface area is 200 Å². The van der Waals surface area contributed by atoms with Gasteiger partial charge >= 0.3 is 5.76 Å². The molecule has 0 atom stereocenters. The van der Waals surface area contributed by atoms with Crippen molar-refractivity contribution in [1.82, 2.24) is 29.1 Å². The highest BCUT2D eigenvalue weighted by Gasteiger charge is 2.28. The monoisotopic (exact) mass is 497 g/mol. The lowest BCUT2D eigenvalue weighted by molar-refractivity contribution is -0.116. The Morgan fingerprint density at radius 2 is 1.94 bits per heavy atom. The predicted octanol–water partition coefficient (Wildman–Crippen LogP) is 1.69. The van der Waals surface area contributed by atoms with Crippen molar-refractivity contribution >= 4 is 32.7 Å². The fourth-order valence-electron chi connectivity index (χ4n) is 4.14. The van der Waals surface area contributed by atoms with Crippen LogP contribution in [0.4, 0.5) is 5.69 Å². The van der Waals surface area contributed by atoms with Crippen LogP contribution in [0.15, 0.2) is 56.8 Å². The van der Waals surface area contributed by atoms with E-state index in [2.05, 4.69) is 20.8 Å². The van der Waals surface area contributed by atoms with Crippen molar-refractivity contribution in [2.24, 2.45) is 0 Å². The topological polar surface area (TPSA) is 145 Å². The van der Waals surface area contributed by atoms with E-state index >= 15 is 0 Å². The smallest absolute Gasteiger partial charge is 0.408 e. The van der Waals surface area contributed by atoms with Crippen molar-refractivity contribution in [1.29, 1.82) is 0 Å². The van der Waals surface area contributed by atoms with Gasteiger partial charge in [0.25, 0.3) is 0 Å². The summed E-state index contributed by atoms with van der Waals surface area (Å²) in [5.41, 5.74) is 2.81. The number of sulfonamides is 1. The van der Waals surface area contributed by atoms with E-state index < -0.39 is 15.8 Å². The molecule has 3 heterocycles. The summed E-state index contributed by atoms with van der Waals surface area (Å²) in [6.45, 7) is 2.94. The van der Waals surface area contributed by atoms with E-state index in [4.69, 9.17) is 4.42 Å². The quantitative estimate of drug-likeness (QED) is 0.406. The Morgan fingerprint density at radius 1 is 1.14 bits per heavy atom. The summed E-state index contributed by atoms with van der Waals surface area (Å²) in [7, 11) is -3.63. The van der Waals surface area contributed by atoms with E-state index in [9.17, 15) is 18.0 Å². The average molecular weight is 498 g/mol. The van der Waals surface area contributed by atoms with Crippen LogP contribution in [0.3, 0.4) is 0 Å². The first-order valence-corrected chi connectivity index (χ1v) is 12.5. The summed E-state index contributed by atoms with van der Waals surface area (Å²) in [6, 6.07) is 9.74. The average Bonchev–Trinajstić information content (AvgIpc) is 3.60. The van der Waals surface area contributed by atoms with E-state index in [1.54, 1.807) is 18.2 Å². The zero-order chi connectivity index (χ0) is 24.6. The van der Waals surface area contributed by atoms with Crippen LogP contribution in [-0.4, -0.2) is 56.5 Å². The predicted molar refractivity (Wildman–Crippen MR) is 126 cm³/mol. The number of benzene rings is 2. The highest BCUT2D eigenvalue weighted by atomic mass is 32.2. The minimum Gasteiger partial charge on any atom is -0.408 e. The zero-order valence-electron chi connectivity index (χ0n) is 18.9. The van der Waals surface area contributed by atoms with Gasteiger partial charge in [-0.05, 0) is 60.0 Å². The van der Waals surface area contributed by atoms with Crippen LogP contribution in [-0.2, 0) is 21.4 Å². The Hall–Kier alpha value is -3.84. The molecule has 0 radical (unpaired) electrons. The molecule has 5 rings (SSSR count). The number of tetrazole rings is 1. The molecule has 4 aromatic rings. The molecule has 1 fully saturated rings. The Balaban J connectivity index is 1.30. The molecular formula is C22H23N7O5S. The van der Waals surface area contributed by atoms with Gasteiger partial charge in [-0.15, -0.1) is 5.10 Å². The molecule has 2 aromatic carbocycles. The maximum absolute atomic E-state index is 12.8. The fourth-order valence-corrected chi connectivity index (χ4v) is 5.67. The Kier molecular flexibility index (Phi) is 5.94. The van der Waals surface area contributed by atoms with Gasteiger partial charge in [0.2, 0.25) is 15.9 Å². The third kappa shape index (κ3) is 4.47. The van der Waals surface area contributed by atoms with Crippen LogP contribution < -0.4 is 11.1 Å². The van der Waals surface area contributed by atoms with Crippen molar-refractivity contribution in [3.63, 3.8) is 0 Å². The van der Waals surface area contributed by atoms with Crippen LogP contribution >= 0.6 is 0 Å². The number of nitrogens with one attached hydrogen (secondary N) is 1. The molecule has 13 heteroatoms. The molecule has 0 saturated carbocycles. The number of anilines is 1. The number of rotatable bonds is 7. The number of hydrogen-bond donors (Lipinski definition) is 1. The van der Waals surface area contributed by atoms with Gasteiger partial charge in [0, 0.05) is 37.8 Å². The van der Waals surface area contributed by atoms with E-state index in [0.717, 1.165) is 24.1 Å². The molecule has 0 bridgehead atoms. The third-order valence-corrected chi connectivity index (χ3v) is 7.89. The number of aromatic nitrogens is 5. The van der Waals surface area contributed by atoms with Crippen molar-refractivity contribution < 1.29 is 17.6 Å². The first-order chi connectivity index (χ1) is 16.8. The highest BCUT2D eigenvalue weighted by molar-refractivity contribution is 7.89. The lowest BCUT2D eigenvalue weighted by atomic mass is 10.2. The van der Waals surface area contributed by atoms with E-state index in [-0.39, 0.29) is 29.4 Å². The second kappa shape index (κ2) is 9.07. The number of amides is 1. The molecule has 1 aliphatic rings. The Morgan fingerprint density at radius 3 is 2.69 bits per heavy atom. The SMILES string of the molecule is Cc1ccc(NC(=O)CCn2c(=O)oc3cc(S(=O)(=O)N4CCCC4)ccc32)cc1-n1cnnn1. The summed E-state index contributed by atoms with van der Waals surface area (Å²) in [5.74, 6) is -0.953. The first-order valence-electron chi connectivity index (χ1n) is 11.1. The minimum absolute atomic E-state index is 0.0104. The highest BCUT2D eigenvalue weighted by Crippen LogP contribution is 2.24. The summed E-state index contributed by atoms with van der Waals surface area (Å²) in [5, 5.41) is 13.9. The molecule has 0 aliphatic carbocycles. The second-order valence-electron chi connectivity index (χ2n) is 8.31. The number of oxazole rings is 1. The molecule has 12 nitrogen and oxygen atoms in total. The molecular weight excluding hydrogens is 474 g/mol.